The van der Waals surface area contributed by atoms with Crippen LogP contribution in [0.3, 0.4) is 0 Å². The molecule has 1 unspecified atom stereocenters. The van der Waals surface area contributed by atoms with E-state index in [4.69, 9.17) is 4.74 Å². The van der Waals surface area contributed by atoms with Crippen LogP contribution >= 0.6 is 0 Å². The lowest BCUT2D eigenvalue weighted by Gasteiger charge is -2.26. The molecule has 158 valence electrons. The van der Waals surface area contributed by atoms with Gasteiger partial charge in [-0.2, -0.15) is 0 Å². The predicted octanol–water partition coefficient (Wildman–Crippen LogP) is 2.77. The Morgan fingerprint density at radius 3 is 2.47 bits per heavy atom. The molecule has 2 aromatic carbocycles. The zero-order chi connectivity index (χ0) is 21.8. The maximum Gasteiger partial charge on any atom is 0.295 e. The number of carbonyl (C=O) groups is 2. The summed E-state index contributed by atoms with van der Waals surface area (Å²) in [4.78, 5) is 29.3. The smallest absolute Gasteiger partial charge is 0.295 e. The number of Topliss-reactive ketones (excluding diaryl/α,β-unsaturated/α-hetero) is 1. The van der Waals surface area contributed by atoms with Gasteiger partial charge < -0.3 is 24.7 Å². The first kappa shape index (κ1) is 21.4. The van der Waals surface area contributed by atoms with Crippen molar-refractivity contribution in [2.75, 3.05) is 34.3 Å². The van der Waals surface area contributed by atoms with Crippen LogP contribution in [0, 0.1) is 0 Å². The Morgan fingerprint density at radius 2 is 1.83 bits per heavy atom. The summed E-state index contributed by atoms with van der Waals surface area (Å²) >= 11 is 0. The molecule has 0 bridgehead atoms. The molecular weight excluding hydrogens is 384 g/mol. The van der Waals surface area contributed by atoms with Crippen LogP contribution in [0.2, 0.25) is 0 Å². The molecule has 0 spiro atoms. The molecule has 1 amide bonds. The Balaban J connectivity index is 2.12. The monoisotopic (exact) mass is 410 g/mol. The topological polar surface area (TPSA) is 90.3 Å². The molecule has 2 aromatic rings. The maximum absolute atomic E-state index is 12.9. The minimum Gasteiger partial charge on any atom is -0.507 e. The van der Waals surface area contributed by atoms with Gasteiger partial charge in [0.15, 0.2) is 11.5 Å². The Hall–Kier alpha value is -3.32. The molecule has 1 aliphatic rings. The molecule has 7 nitrogen and oxygen atoms in total. The number of ketones is 1. The van der Waals surface area contributed by atoms with Crippen molar-refractivity contribution in [1.82, 2.24) is 9.80 Å². The Kier molecular flexibility index (Phi) is 6.42. The van der Waals surface area contributed by atoms with Crippen molar-refractivity contribution in [3.8, 4) is 11.5 Å². The van der Waals surface area contributed by atoms with Gasteiger partial charge >= 0.3 is 0 Å². The molecule has 1 aliphatic heterocycles. The molecule has 0 aliphatic carbocycles. The third-order valence-electron chi connectivity index (χ3n) is 5.11. The van der Waals surface area contributed by atoms with E-state index in [1.165, 1.54) is 18.1 Å². The summed E-state index contributed by atoms with van der Waals surface area (Å²) in [7, 11) is 5.30. The van der Waals surface area contributed by atoms with Gasteiger partial charge in [-0.3, -0.25) is 9.59 Å². The number of hydrogen-bond acceptors (Lipinski definition) is 6. The number of nitrogens with zero attached hydrogens (tertiary/aromatic N) is 2. The van der Waals surface area contributed by atoms with E-state index < -0.39 is 17.7 Å². The first-order chi connectivity index (χ1) is 14.3. The van der Waals surface area contributed by atoms with Gasteiger partial charge in [0.25, 0.3) is 11.7 Å². The van der Waals surface area contributed by atoms with Gasteiger partial charge in [-0.15, -0.1) is 0 Å². The number of aromatic hydroxyl groups is 1. The number of rotatable bonds is 7. The van der Waals surface area contributed by atoms with Crippen molar-refractivity contribution in [3.05, 3.63) is 65.2 Å². The van der Waals surface area contributed by atoms with Crippen LogP contribution in [-0.4, -0.2) is 66.0 Å². The minimum absolute atomic E-state index is 0.0313. The number of hydrogen-bond donors (Lipinski definition) is 2. The number of phenols is 1. The van der Waals surface area contributed by atoms with Crippen LogP contribution in [0.25, 0.3) is 5.76 Å². The minimum atomic E-state index is -0.776. The van der Waals surface area contributed by atoms with Gasteiger partial charge in [0.1, 0.15) is 5.76 Å². The van der Waals surface area contributed by atoms with E-state index in [1.54, 1.807) is 42.5 Å². The molecule has 1 saturated heterocycles. The number of carbonyl (C=O) groups excluding carboxylic acids is 2. The summed E-state index contributed by atoms with van der Waals surface area (Å²) in [5.74, 6) is -1.41. The fraction of sp³-hybridized carbons (Fsp3) is 0.304. The largest absolute Gasteiger partial charge is 0.507 e. The summed E-state index contributed by atoms with van der Waals surface area (Å²) in [5.41, 5.74) is 1.06. The van der Waals surface area contributed by atoms with Gasteiger partial charge in [-0.1, -0.05) is 36.4 Å². The van der Waals surface area contributed by atoms with E-state index in [0.717, 1.165) is 6.54 Å². The van der Waals surface area contributed by atoms with Crippen LogP contribution < -0.4 is 4.74 Å². The van der Waals surface area contributed by atoms with E-state index >= 15 is 0 Å². The zero-order valence-corrected chi connectivity index (χ0v) is 17.3. The third-order valence-corrected chi connectivity index (χ3v) is 5.11. The lowest BCUT2D eigenvalue weighted by atomic mass is 9.95. The van der Waals surface area contributed by atoms with Gasteiger partial charge in [0.2, 0.25) is 0 Å². The summed E-state index contributed by atoms with van der Waals surface area (Å²) in [5, 5.41) is 20.9. The number of likely N-dealkylation sites (tertiary alicyclic amines) is 1. The lowest BCUT2D eigenvalue weighted by molar-refractivity contribution is -0.139. The molecule has 2 N–H and O–H groups in total. The SMILES string of the molecule is COc1cc(C2C(=C(O)c3ccccc3)C(=O)C(=O)N2CCCN(C)C)ccc1O. The maximum atomic E-state index is 12.9. The molecule has 0 saturated carbocycles. The van der Waals surface area contributed by atoms with Gasteiger partial charge in [-0.05, 0) is 44.8 Å². The molecule has 0 aromatic heterocycles. The molecule has 1 fully saturated rings. The van der Waals surface area contributed by atoms with E-state index in [1.807, 2.05) is 19.0 Å². The second-order valence-corrected chi connectivity index (χ2v) is 7.45. The van der Waals surface area contributed by atoms with E-state index in [2.05, 4.69) is 0 Å². The van der Waals surface area contributed by atoms with Crippen molar-refractivity contribution < 1.29 is 24.5 Å². The fourth-order valence-electron chi connectivity index (χ4n) is 3.63. The van der Waals surface area contributed by atoms with Crippen LogP contribution in [-0.2, 0) is 9.59 Å². The van der Waals surface area contributed by atoms with E-state index in [-0.39, 0.29) is 22.8 Å². The standard InChI is InChI=1S/C23H26N2O5/c1-24(2)12-7-13-25-20(16-10-11-17(26)18(14-16)30-3)19(22(28)23(25)29)21(27)15-8-5-4-6-9-15/h4-6,8-11,14,20,26-27H,7,12-13H2,1-3H3. The average Bonchev–Trinajstić information content (AvgIpc) is 2.99. The number of aliphatic hydroxyl groups excluding tert-OH is 1. The van der Waals surface area contributed by atoms with Crippen LogP contribution in [0.5, 0.6) is 11.5 Å². The number of ether oxygens (including phenoxy) is 1. The molecule has 1 atom stereocenters. The summed E-state index contributed by atoms with van der Waals surface area (Å²) in [6.07, 6.45) is 0.664. The van der Waals surface area contributed by atoms with Crippen LogP contribution in [0.1, 0.15) is 23.6 Å². The van der Waals surface area contributed by atoms with E-state index in [9.17, 15) is 19.8 Å². The predicted molar refractivity (Wildman–Crippen MR) is 113 cm³/mol. The Labute approximate surface area is 175 Å². The first-order valence-electron chi connectivity index (χ1n) is 9.70. The van der Waals surface area contributed by atoms with Crippen LogP contribution in [0.4, 0.5) is 0 Å². The quantitative estimate of drug-likeness (QED) is 0.414. The molecule has 0 radical (unpaired) electrons. The van der Waals surface area contributed by atoms with Crippen molar-refractivity contribution in [2.24, 2.45) is 0 Å². The average molecular weight is 410 g/mol. The zero-order valence-electron chi connectivity index (χ0n) is 17.3. The van der Waals surface area contributed by atoms with Crippen molar-refractivity contribution in [2.45, 2.75) is 12.5 Å². The number of aliphatic hydroxyl groups is 1. The Morgan fingerprint density at radius 1 is 1.13 bits per heavy atom. The highest BCUT2D eigenvalue weighted by atomic mass is 16.5. The summed E-state index contributed by atoms with van der Waals surface area (Å²) < 4.78 is 5.20. The first-order valence-corrected chi connectivity index (χ1v) is 9.70. The fourth-order valence-corrected chi connectivity index (χ4v) is 3.63. The second kappa shape index (κ2) is 9.00. The normalized spacial score (nSPS) is 18.3. The second-order valence-electron chi connectivity index (χ2n) is 7.45. The number of methoxy groups -OCH3 is 1. The molecule has 3 rings (SSSR count). The van der Waals surface area contributed by atoms with Crippen LogP contribution in [0.15, 0.2) is 54.1 Å². The molecular formula is C23H26N2O5. The lowest BCUT2D eigenvalue weighted by Crippen LogP contribution is -2.32. The van der Waals surface area contributed by atoms with Crippen molar-refractivity contribution in [3.63, 3.8) is 0 Å². The van der Waals surface area contributed by atoms with E-state index in [0.29, 0.717) is 24.1 Å². The van der Waals surface area contributed by atoms with Crippen molar-refractivity contribution in [1.29, 1.82) is 0 Å². The molecule has 7 heteroatoms. The highest BCUT2D eigenvalue weighted by molar-refractivity contribution is 6.46. The highest BCUT2D eigenvalue weighted by Gasteiger charge is 2.46. The van der Waals surface area contributed by atoms with Crippen molar-refractivity contribution >= 4 is 17.4 Å². The number of amides is 1. The molecule has 1 heterocycles. The highest BCUT2D eigenvalue weighted by Crippen LogP contribution is 2.41. The summed E-state index contributed by atoms with van der Waals surface area (Å²) in [6.45, 7) is 1.09. The van der Waals surface area contributed by atoms with Gasteiger partial charge in [0.05, 0.1) is 18.7 Å². The molecule has 30 heavy (non-hydrogen) atoms. The Bertz CT molecular complexity index is 969. The number of phenolic OH excluding ortho intramolecular Hbond substituents is 1. The summed E-state index contributed by atoms with van der Waals surface area (Å²) in [6, 6.07) is 12.6. The number of benzene rings is 2. The van der Waals surface area contributed by atoms with Gasteiger partial charge in [0, 0.05) is 12.1 Å². The third kappa shape index (κ3) is 4.16. The van der Waals surface area contributed by atoms with Gasteiger partial charge in [-0.25, -0.2) is 0 Å².